The summed E-state index contributed by atoms with van der Waals surface area (Å²) in [6, 6.07) is 3.82. The highest BCUT2D eigenvalue weighted by Gasteiger charge is 2.06. The Labute approximate surface area is 95.4 Å². The van der Waals surface area contributed by atoms with Gasteiger partial charge < -0.3 is 9.88 Å². The molecule has 0 bridgehead atoms. The van der Waals surface area contributed by atoms with E-state index in [1.54, 1.807) is 0 Å². The van der Waals surface area contributed by atoms with Crippen LogP contribution in [0.3, 0.4) is 0 Å². The van der Waals surface area contributed by atoms with E-state index in [0.717, 1.165) is 6.26 Å². The van der Waals surface area contributed by atoms with E-state index < -0.39 is 9.84 Å². The molecule has 0 aliphatic rings. The Hall–Kier alpha value is -1.30. The Morgan fingerprint density at radius 3 is 2.50 bits per heavy atom. The van der Waals surface area contributed by atoms with E-state index >= 15 is 0 Å². The summed E-state index contributed by atoms with van der Waals surface area (Å²) in [5, 5.41) is 2.67. The van der Waals surface area contributed by atoms with Gasteiger partial charge in [0.1, 0.15) is 9.84 Å². The number of nitrogens with zero attached hydrogens (tertiary/aromatic N) is 1. The lowest BCUT2D eigenvalue weighted by Gasteiger charge is -2.05. The van der Waals surface area contributed by atoms with Crippen molar-refractivity contribution in [1.82, 2.24) is 9.88 Å². The second kappa shape index (κ2) is 5.69. The van der Waals surface area contributed by atoms with Crippen molar-refractivity contribution < 1.29 is 13.2 Å². The smallest absolute Gasteiger partial charge is 0.221 e. The molecule has 0 spiro atoms. The molecule has 0 unspecified atom stereocenters. The van der Waals surface area contributed by atoms with Gasteiger partial charge in [-0.3, -0.25) is 4.79 Å². The molecule has 1 aromatic heterocycles. The molecule has 0 saturated heterocycles. The highest BCUT2D eigenvalue weighted by Crippen LogP contribution is 1.90. The molecule has 1 heterocycles. The summed E-state index contributed by atoms with van der Waals surface area (Å²) < 4.78 is 23.6. The number of carbonyl (C=O) groups is 1. The molecule has 0 aliphatic carbocycles. The van der Waals surface area contributed by atoms with Gasteiger partial charge in [-0.05, 0) is 12.1 Å². The molecule has 90 valence electrons. The molecule has 0 radical (unpaired) electrons. The Bertz CT molecular complexity index is 423. The van der Waals surface area contributed by atoms with Crippen molar-refractivity contribution in [3.8, 4) is 0 Å². The highest BCUT2D eigenvalue weighted by molar-refractivity contribution is 7.90. The number of rotatable bonds is 6. The number of carbonyl (C=O) groups excluding carboxylic acids is 1. The SMILES string of the molecule is CS(=O)(=O)CCC(=O)NCCn1cccc1. The van der Waals surface area contributed by atoms with Crippen molar-refractivity contribution in [2.24, 2.45) is 0 Å². The van der Waals surface area contributed by atoms with Gasteiger partial charge in [0.2, 0.25) is 5.91 Å². The Kier molecular flexibility index (Phi) is 4.54. The van der Waals surface area contributed by atoms with Crippen molar-refractivity contribution >= 4 is 15.7 Å². The average molecular weight is 244 g/mol. The molecule has 0 saturated carbocycles. The van der Waals surface area contributed by atoms with Crippen LogP contribution in [0.2, 0.25) is 0 Å². The molecular formula is C10H16N2O3S. The van der Waals surface area contributed by atoms with Gasteiger partial charge in [0, 0.05) is 38.2 Å². The van der Waals surface area contributed by atoms with Crippen LogP contribution >= 0.6 is 0 Å². The van der Waals surface area contributed by atoms with Crippen LogP contribution in [0.25, 0.3) is 0 Å². The first-order valence-corrected chi connectivity index (χ1v) is 7.08. The molecule has 0 fully saturated rings. The molecule has 1 aromatic rings. The quantitative estimate of drug-likeness (QED) is 0.768. The highest BCUT2D eigenvalue weighted by atomic mass is 32.2. The van der Waals surface area contributed by atoms with E-state index in [1.165, 1.54) is 0 Å². The van der Waals surface area contributed by atoms with Gasteiger partial charge >= 0.3 is 0 Å². The summed E-state index contributed by atoms with van der Waals surface area (Å²) in [5.41, 5.74) is 0. The summed E-state index contributed by atoms with van der Waals surface area (Å²) in [5.74, 6) is -0.319. The van der Waals surface area contributed by atoms with Crippen LogP contribution in [-0.2, 0) is 21.2 Å². The third-order valence-corrected chi connectivity index (χ3v) is 3.00. The lowest BCUT2D eigenvalue weighted by Crippen LogP contribution is -2.28. The molecule has 0 atom stereocenters. The third-order valence-electron chi connectivity index (χ3n) is 2.06. The van der Waals surface area contributed by atoms with Gasteiger partial charge in [0.05, 0.1) is 5.75 Å². The first kappa shape index (κ1) is 12.8. The van der Waals surface area contributed by atoms with E-state index in [9.17, 15) is 13.2 Å². The second-order valence-electron chi connectivity index (χ2n) is 3.65. The van der Waals surface area contributed by atoms with Crippen molar-refractivity contribution in [3.63, 3.8) is 0 Å². The van der Waals surface area contributed by atoms with Crippen LogP contribution in [0.15, 0.2) is 24.5 Å². The molecule has 5 nitrogen and oxygen atoms in total. The van der Waals surface area contributed by atoms with Crippen LogP contribution in [-0.4, -0.2) is 37.4 Å². The number of aromatic nitrogens is 1. The van der Waals surface area contributed by atoms with E-state index in [2.05, 4.69) is 5.32 Å². The lowest BCUT2D eigenvalue weighted by molar-refractivity contribution is -0.120. The van der Waals surface area contributed by atoms with Gasteiger partial charge in [0.25, 0.3) is 0 Å². The molecule has 0 aromatic carbocycles. The van der Waals surface area contributed by atoms with Crippen molar-refractivity contribution in [3.05, 3.63) is 24.5 Å². The minimum Gasteiger partial charge on any atom is -0.354 e. The number of hydrogen-bond acceptors (Lipinski definition) is 3. The standard InChI is InChI=1S/C10H16N2O3S/c1-16(14,15)9-4-10(13)11-5-8-12-6-2-3-7-12/h2-3,6-7H,4-5,8-9H2,1H3,(H,11,13). The van der Waals surface area contributed by atoms with Crippen LogP contribution in [0, 0.1) is 0 Å². The van der Waals surface area contributed by atoms with Gasteiger partial charge in [-0.25, -0.2) is 8.42 Å². The first-order valence-electron chi connectivity index (χ1n) is 5.02. The van der Waals surface area contributed by atoms with Crippen molar-refractivity contribution in [2.45, 2.75) is 13.0 Å². The first-order chi connectivity index (χ1) is 7.47. The van der Waals surface area contributed by atoms with Gasteiger partial charge in [-0.15, -0.1) is 0 Å². The number of nitrogens with one attached hydrogen (secondary N) is 1. The lowest BCUT2D eigenvalue weighted by atomic mass is 10.4. The van der Waals surface area contributed by atoms with Crippen molar-refractivity contribution in [2.75, 3.05) is 18.6 Å². The van der Waals surface area contributed by atoms with Crippen LogP contribution < -0.4 is 5.32 Å². The monoisotopic (exact) mass is 244 g/mol. The Morgan fingerprint density at radius 1 is 1.31 bits per heavy atom. The fraction of sp³-hybridized carbons (Fsp3) is 0.500. The van der Waals surface area contributed by atoms with E-state index in [-0.39, 0.29) is 18.1 Å². The summed E-state index contributed by atoms with van der Waals surface area (Å²) in [6.07, 6.45) is 4.97. The third kappa shape index (κ3) is 5.55. The topological polar surface area (TPSA) is 68.2 Å². The molecular weight excluding hydrogens is 228 g/mol. The minimum atomic E-state index is -3.05. The number of amides is 1. The second-order valence-corrected chi connectivity index (χ2v) is 5.91. The number of sulfone groups is 1. The van der Waals surface area contributed by atoms with E-state index in [4.69, 9.17) is 0 Å². The van der Waals surface area contributed by atoms with Gasteiger partial charge in [-0.1, -0.05) is 0 Å². The fourth-order valence-electron chi connectivity index (χ4n) is 1.21. The average Bonchev–Trinajstić information content (AvgIpc) is 2.66. The summed E-state index contributed by atoms with van der Waals surface area (Å²) >= 11 is 0. The zero-order valence-corrected chi connectivity index (χ0v) is 10.0. The maximum atomic E-state index is 11.2. The summed E-state index contributed by atoms with van der Waals surface area (Å²) in [4.78, 5) is 11.2. The van der Waals surface area contributed by atoms with E-state index in [1.807, 2.05) is 29.1 Å². The maximum absolute atomic E-state index is 11.2. The zero-order valence-electron chi connectivity index (χ0n) is 9.22. The van der Waals surface area contributed by atoms with E-state index in [0.29, 0.717) is 13.1 Å². The zero-order chi connectivity index (χ0) is 12.0. The molecule has 0 aliphatic heterocycles. The molecule has 6 heteroatoms. The van der Waals surface area contributed by atoms with Crippen LogP contribution in [0.5, 0.6) is 0 Å². The van der Waals surface area contributed by atoms with Gasteiger partial charge in [0.15, 0.2) is 0 Å². The summed E-state index contributed by atoms with van der Waals surface area (Å²) in [7, 11) is -3.05. The number of hydrogen-bond donors (Lipinski definition) is 1. The van der Waals surface area contributed by atoms with Crippen molar-refractivity contribution in [1.29, 1.82) is 0 Å². The molecule has 1 amide bonds. The predicted octanol–water partition coefficient (Wildman–Crippen LogP) is 0.0390. The molecule has 1 rings (SSSR count). The summed E-state index contributed by atoms with van der Waals surface area (Å²) in [6.45, 7) is 1.20. The van der Waals surface area contributed by atoms with Crippen LogP contribution in [0.4, 0.5) is 0 Å². The normalized spacial score (nSPS) is 11.3. The molecule has 16 heavy (non-hydrogen) atoms. The van der Waals surface area contributed by atoms with Gasteiger partial charge in [-0.2, -0.15) is 0 Å². The molecule has 1 N–H and O–H groups in total. The predicted molar refractivity (Wildman–Crippen MR) is 61.8 cm³/mol. The largest absolute Gasteiger partial charge is 0.354 e. The fourth-order valence-corrected chi connectivity index (χ4v) is 1.77. The van der Waals surface area contributed by atoms with Crippen LogP contribution in [0.1, 0.15) is 6.42 Å². The Morgan fingerprint density at radius 2 is 1.94 bits per heavy atom. The Balaban J connectivity index is 2.16. The minimum absolute atomic E-state index is 0.0323. The maximum Gasteiger partial charge on any atom is 0.221 e.